The molecule has 0 bridgehead atoms. The highest BCUT2D eigenvalue weighted by Crippen LogP contribution is 2.29. The zero-order valence-corrected chi connectivity index (χ0v) is 12.1. The standard InChI is InChI=1S/C17H16N2O3/c1-13(20)17(12-18,15-5-3-2-4-6-15)11-14-7-9-16(10-8-14)19(21)22/h2-10,19,21H,11H2,1H3/t17-/m0/s1. The van der Waals surface area contributed by atoms with Gasteiger partial charge in [0.25, 0.3) is 0 Å². The number of nitriles is 1. The third kappa shape index (κ3) is 3.05. The van der Waals surface area contributed by atoms with E-state index >= 15 is 0 Å². The molecule has 1 unspecified atom stereocenters. The molecular formula is C17H16N2O3. The molecule has 2 aromatic rings. The van der Waals surface area contributed by atoms with E-state index in [2.05, 4.69) is 6.07 Å². The van der Waals surface area contributed by atoms with E-state index in [1.54, 1.807) is 36.4 Å². The molecule has 0 fully saturated rings. The van der Waals surface area contributed by atoms with Crippen LogP contribution >= 0.6 is 0 Å². The first-order valence-corrected chi connectivity index (χ1v) is 6.79. The minimum absolute atomic E-state index is 0.175. The Hall–Kier alpha value is -2.52. The molecule has 0 saturated heterocycles. The molecule has 0 saturated carbocycles. The van der Waals surface area contributed by atoms with Crippen molar-refractivity contribution in [1.82, 2.24) is 0 Å². The van der Waals surface area contributed by atoms with E-state index in [4.69, 9.17) is 5.21 Å². The average Bonchev–Trinajstić information content (AvgIpc) is 2.53. The van der Waals surface area contributed by atoms with E-state index in [-0.39, 0.29) is 17.9 Å². The van der Waals surface area contributed by atoms with Gasteiger partial charge in [0.05, 0.1) is 6.07 Å². The number of hydrogen-bond donors (Lipinski definition) is 2. The molecule has 0 amide bonds. The number of benzene rings is 2. The first-order chi connectivity index (χ1) is 10.5. The summed E-state index contributed by atoms with van der Waals surface area (Å²) in [5, 5.41) is 28.4. The van der Waals surface area contributed by atoms with Gasteiger partial charge < -0.3 is 5.21 Å². The molecule has 0 spiro atoms. The molecular weight excluding hydrogens is 280 g/mol. The summed E-state index contributed by atoms with van der Waals surface area (Å²) >= 11 is 0. The fourth-order valence-electron chi connectivity index (χ4n) is 2.41. The van der Waals surface area contributed by atoms with Gasteiger partial charge in [-0.2, -0.15) is 10.5 Å². The van der Waals surface area contributed by atoms with Crippen LogP contribution in [0.2, 0.25) is 0 Å². The van der Waals surface area contributed by atoms with Gasteiger partial charge >= 0.3 is 0 Å². The Morgan fingerprint density at radius 2 is 1.82 bits per heavy atom. The lowest BCUT2D eigenvalue weighted by Crippen LogP contribution is -2.99. The molecule has 112 valence electrons. The van der Waals surface area contributed by atoms with Crippen LogP contribution < -0.4 is 5.23 Å². The summed E-state index contributed by atoms with van der Waals surface area (Å²) in [6.07, 6.45) is 0.211. The first kappa shape index (κ1) is 15.9. The Labute approximate surface area is 128 Å². The van der Waals surface area contributed by atoms with E-state index < -0.39 is 10.6 Å². The van der Waals surface area contributed by atoms with Gasteiger partial charge in [0.2, 0.25) is 0 Å². The highest BCUT2D eigenvalue weighted by Gasteiger charge is 2.37. The number of nitrogens with one attached hydrogen (secondary N) is 1. The first-order valence-electron chi connectivity index (χ1n) is 6.79. The second kappa shape index (κ2) is 6.50. The van der Waals surface area contributed by atoms with E-state index in [9.17, 15) is 15.3 Å². The molecule has 5 heteroatoms. The van der Waals surface area contributed by atoms with Crippen LogP contribution in [-0.2, 0) is 16.6 Å². The molecule has 2 atom stereocenters. The third-order valence-corrected chi connectivity index (χ3v) is 3.73. The summed E-state index contributed by atoms with van der Waals surface area (Å²) in [7, 11) is 0. The summed E-state index contributed by atoms with van der Waals surface area (Å²) < 4.78 is 0. The van der Waals surface area contributed by atoms with Gasteiger partial charge in [0.15, 0.2) is 11.5 Å². The molecule has 5 nitrogen and oxygen atoms in total. The van der Waals surface area contributed by atoms with Gasteiger partial charge in [-0.3, -0.25) is 4.79 Å². The summed E-state index contributed by atoms with van der Waals surface area (Å²) in [5.41, 5.74) is 0.304. The van der Waals surface area contributed by atoms with Crippen LogP contribution in [0.5, 0.6) is 0 Å². The van der Waals surface area contributed by atoms with Gasteiger partial charge in [-0.05, 0) is 18.1 Å². The molecule has 0 aliphatic carbocycles. The molecule has 22 heavy (non-hydrogen) atoms. The smallest absolute Gasteiger partial charge is 0.163 e. The van der Waals surface area contributed by atoms with Crippen molar-refractivity contribution < 1.29 is 15.2 Å². The number of ketones is 1. The van der Waals surface area contributed by atoms with Gasteiger partial charge in [-0.1, -0.05) is 42.5 Å². The molecule has 2 rings (SSSR count). The molecule has 2 N–H and O–H groups in total. The summed E-state index contributed by atoms with van der Waals surface area (Å²) in [5.74, 6) is -0.233. The summed E-state index contributed by atoms with van der Waals surface area (Å²) in [6.45, 7) is 1.40. The third-order valence-electron chi connectivity index (χ3n) is 3.73. The van der Waals surface area contributed by atoms with Crippen molar-refractivity contribution in [1.29, 1.82) is 5.26 Å². The van der Waals surface area contributed by atoms with Gasteiger partial charge in [0, 0.05) is 18.6 Å². The second-order valence-corrected chi connectivity index (χ2v) is 5.12. The van der Waals surface area contributed by atoms with Crippen LogP contribution in [0.3, 0.4) is 0 Å². The lowest BCUT2D eigenvalue weighted by Gasteiger charge is -2.24. The predicted octanol–water partition coefficient (Wildman–Crippen LogP) is 1.68. The normalized spacial score (nSPS) is 14.6. The number of nitrogens with zero attached hydrogens (tertiary/aromatic N) is 1. The second-order valence-electron chi connectivity index (χ2n) is 5.12. The average molecular weight is 296 g/mol. The largest absolute Gasteiger partial charge is 0.595 e. The fourth-order valence-corrected chi connectivity index (χ4v) is 2.41. The lowest BCUT2D eigenvalue weighted by molar-refractivity contribution is -0.991. The van der Waals surface area contributed by atoms with E-state index in [1.807, 2.05) is 6.07 Å². The van der Waals surface area contributed by atoms with Crippen LogP contribution in [0.4, 0.5) is 5.69 Å². The number of quaternary nitrogens is 1. The zero-order chi connectivity index (χ0) is 16.2. The molecule has 0 heterocycles. The molecule has 0 aromatic heterocycles. The van der Waals surface area contributed by atoms with Crippen molar-refractivity contribution in [2.24, 2.45) is 0 Å². The van der Waals surface area contributed by atoms with Crippen molar-refractivity contribution in [2.75, 3.05) is 0 Å². The monoisotopic (exact) mass is 296 g/mol. The molecule has 0 aliphatic heterocycles. The van der Waals surface area contributed by atoms with Crippen LogP contribution in [0.1, 0.15) is 18.1 Å². The van der Waals surface area contributed by atoms with Crippen molar-refractivity contribution in [2.45, 2.75) is 18.8 Å². The lowest BCUT2D eigenvalue weighted by atomic mass is 9.74. The summed E-state index contributed by atoms with van der Waals surface area (Å²) in [6, 6.07) is 17.3. The Morgan fingerprint density at radius 3 is 2.27 bits per heavy atom. The number of Topliss-reactive ketones (excluding diaryl/α,β-unsaturated/α-hetero) is 1. The van der Waals surface area contributed by atoms with Crippen LogP contribution in [0.15, 0.2) is 54.6 Å². The maximum Gasteiger partial charge on any atom is 0.163 e. The zero-order valence-electron chi connectivity index (χ0n) is 12.1. The number of rotatable bonds is 5. The van der Waals surface area contributed by atoms with Gasteiger partial charge in [0.1, 0.15) is 5.41 Å². The maximum atomic E-state index is 12.2. The molecule has 2 aromatic carbocycles. The highest BCUT2D eigenvalue weighted by atomic mass is 16.8. The molecule has 0 radical (unpaired) electrons. The van der Waals surface area contributed by atoms with Crippen LogP contribution in [0.25, 0.3) is 0 Å². The fraction of sp³-hybridized carbons (Fsp3) is 0.176. The topological polar surface area (TPSA) is 88.6 Å². The Kier molecular flexibility index (Phi) is 4.68. The minimum atomic E-state index is -1.26. The van der Waals surface area contributed by atoms with E-state index in [0.717, 1.165) is 5.56 Å². The van der Waals surface area contributed by atoms with Crippen molar-refractivity contribution >= 4 is 11.5 Å². The van der Waals surface area contributed by atoms with E-state index in [0.29, 0.717) is 5.56 Å². The Bertz CT molecular complexity index is 690. The number of hydrogen-bond acceptors (Lipinski definition) is 4. The number of carbonyl (C=O) groups excluding carboxylic acids is 1. The SMILES string of the molecule is CC(=O)[C@@](C#N)(Cc1ccc([NH+]([O-])O)cc1)c1ccccc1. The van der Waals surface area contributed by atoms with E-state index in [1.165, 1.54) is 19.1 Å². The highest BCUT2D eigenvalue weighted by molar-refractivity contribution is 5.91. The molecule has 0 aliphatic rings. The minimum Gasteiger partial charge on any atom is -0.595 e. The Balaban J connectivity index is 2.40. The van der Waals surface area contributed by atoms with Gasteiger partial charge in [-0.15, -0.1) is 0 Å². The quantitative estimate of drug-likeness (QED) is 0.822. The van der Waals surface area contributed by atoms with Crippen LogP contribution in [-0.4, -0.2) is 11.0 Å². The summed E-state index contributed by atoms with van der Waals surface area (Å²) in [4.78, 5) is 12.2. The van der Waals surface area contributed by atoms with Crippen molar-refractivity contribution in [3.63, 3.8) is 0 Å². The Morgan fingerprint density at radius 1 is 1.23 bits per heavy atom. The van der Waals surface area contributed by atoms with Crippen LogP contribution in [0, 0.1) is 16.5 Å². The number of carbonyl (C=O) groups is 1. The maximum absolute atomic E-state index is 12.2. The van der Waals surface area contributed by atoms with Gasteiger partial charge in [-0.25, -0.2) is 5.21 Å². The van der Waals surface area contributed by atoms with Crippen molar-refractivity contribution in [3.8, 4) is 6.07 Å². The predicted molar refractivity (Wildman–Crippen MR) is 80.3 cm³/mol. The van der Waals surface area contributed by atoms with Crippen molar-refractivity contribution in [3.05, 3.63) is 70.9 Å².